The topological polar surface area (TPSA) is 89.3 Å². The zero-order chi connectivity index (χ0) is 11.2. The average Bonchev–Trinajstić information content (AvgIpc) is 2.43. The summed E-state index contributed by atoms with van der Waals surface area (Å²) in [5.74, 6) is -0.998. The predicted octanol–water partition coefficient (Wildman–Crippen LogP) is -0.141. The highest BCUT2D eigenvalue weighted by Gasteiger charge is 2.36. The van der Waals surface area contributed by atoms with E-state index in [4.69, 9.17) is 5.11 Å². The van der Waals surface area contributed by atoms with Crippen molar-refractivity contribution in [2.45, 2.75) is 13.0 Å². The Hall–Kier alpha value is -1.37. The molecule has 1 aliphatic rings. The van der Waals surface area contributed by atoms with Crippen molar-refractivity contribution < 1.29 is 18.3 Å². The lowest BCUT2D eigenvalue weighted by molar-refractivity contribution is 0.0689. The first kappa shape index (κ1) is 10.2. The van der Waals surface area contributed by atoms with Crippen molar-refractivity contribution in [2.24, 2.45) is 0 Å². The number of sulfone groups is 1. The zero-order valence-electron chi connectivity index (χ0n) is 8.04. The fraction of sp³-hybridized carbons (Fsp3) is 0.500. The maximum Gasteiger partial charge on any atom is 0.356 e. The van der Waals surface area contributed by atoms with Crippen LogP contribution in [-0.4, -0.2) is 40.8 Å². The summed E-state index contributed by atoms with van der Waals surface area (Å²) in [5.41, 5.74) is 0.629. The molecule has 1 saturated heterocycles. The Bertz CT molecular complexity index is 505. The Kier molecular flexibility index (Phi) is 2.07. The Morgan fingerprint density at radius 1 is 1.60 bits per heavy atom. The molecule has 0 spiro atoms. The van der Waals surface area contributed by atoms with E-state index in [2.05, 4.69) is 5.10 Å². The monoisotopic (exact) mass is 230 g/mol. The van der Waals surface area contributed by atoms with E-state index in [9.17, 15) is 13.2 Å². The Balaban J connectivity index is 2.27. The van der Waals surface area contributed by atoms with Crippen LogP contribution >= 0.6 is 0 Å². The molecule has 1 N–H and O–H groups in total. The average molecular weight is 230 g/mol. The van der Waals surface area contributed by atoms with Crippen LogP contribution in [-0.2, 0) is 9.84 Å². The van der Waals surface area contributed by atoms with Crippen LogP contribution in [0.2, 0.25) is 0 Å². The molecule has 0 saturated carbocycles. The van der Waals surface area contributed by atoms with Crippen LogP contribution in [0.15, 0.2) is 6.07 Å². The molecule has 0 amide bonds. The number of aromatic nitrogens is 2. The molecule has 0 aliphatic carbocycles. The molecule has 2 heterocycles. The molecule has 1 aromatic heterocycles. The van der Waals surface area contributed by atoms with Crippen LogP contribution in [0, 0.1) is 6.92 Å². The van der Waals surface area contributed by atoms with Crippen LogP contribution in [0.3, 0.4) is 0 Å². The van der Waals surface area contributed by atoms with E-state index in [1.807, 2.05) is 0 Å². The second-order valence-corrected chi connectivity index (χ2v) is 5.81. The lowest BCUT2D eigenvalue weighted by Gasteiger charge is -2.26. The quantitative estimate of drug-likeness (QED) is 0.763. The van der Waals surface area contributed by atoms with Crippen molar-refractivity contribution in [1.29, 1.82) is 0 Å². The summed E-state index contributed by atoms with van der Waals surface area (Å²) < 4.78 is 23.4. The maximum atomic E-state index is 11.0. The number of hydrogen-bond donors (Lipinski definition) is 1. The van der Waals surface area contributed by atoms with Gasteiger partial charge in [-0.25, -0.2) is 13.2 Å². The fourth-order valence-electron chi connectivity index (χ4n) is 1.64. The van der Waals surface area contributed by atoms with Crippen molar-refractivity contribution in [3.8, 4) is 0 Å². The predicted molar refractivity (Wildman–Crippen MR) is 51.6 cm³/mol. The molecular weight excluding hydrogens is 220 g/mol. The first-order valence-corrected chi connectivity index (χ1v) is 6.21. The number of carbonyl (C=O) groups is 1. The standard InChI is InChI=1S/C8H10N2O4S/c1-5-2-7(8(11)12)9-10(5)6-3-15(13,14)4-6/h2,6H,3-4H2,1H3,(H,11,12). The van der Waals surface area contributed by atoms with Gasteiger partial charge < -0.3 is 5.11 Å². The number of carboxylic acids is 1. The normalized spacial score (nSPS) is 19.8. The van der Waals surface area contributed by atoms with Crippen LogP contribution < -0.4 is 0 Å². The lowest BCUT2D eigenvalue weighted by Crippen LogP contribution is -2.39. The van der Waals surface area contributed by atoms with Gasteiger partial charge in [0.1, 0.15) is 0 Å². The third kappa shape index (κ3) is 1.74. The largest absolute Gasteiger partial charge is 0.476 e. The molecule has 1 aromatic rings. The Morgan fingerprint density at radius 2 is 2.20 bits per heavy atom. The second-order valence-electron chi connectivity index (χ2n) is 3.65. The van der Waals surface area contributed by atoms with Crippen molar-refractivity contribution >= 4 is 15.8 Å². The van der Waals surface area contributed by atoms with E-state index in [0.717, 1.165) is 0 Å². The van der Waals surface area contributed by atoms with E-state index in [1.54, 1.807) is 6.92 Å². The van der Waals surface area contributed by atoms with Gasteiger partial charge >= 0.3 is 5.97 Å². The van der Waals surface area contributed by atoms with Crippen molar-refractivity contribution in [3.63, 3.8) is 0 Å². The van der Waals surface area contributed by atoms with Crippen molar-refractivity contribution in [2.75, 3.05) is 11.5 Å². The van der Waals surface area contributed by atoms with Crippen molar-refractivity contribution in [1.82, 2.24) is 9.78 Å². The molecule has 0 unspecified atom stereocenters. The highest BCUT2D eigenvalue weighted by molar-refractivity contribution is 7.92. The zero-order valence-corrected chi connectivity index (χ0v) is 8.86. The van der Waals surface area contributed by atoms with Crippen LogP contribution in [0.1, 0.15) is 22.2 Å². The number of aromatic carboxylic acids is 1. The minimum atomic E-state index is -2.91. The summed E-state index contributed by atoms with van der Waals surface area (Å²) in [7, 11) is -2.91. The van der Waals surface area contributed by atoms with Gasteiger partial charge in [-0.3, -0.25) is 4.68 Å². The van der Waals surface area contributed by atoms with Gasteiger partial charge in [-0.2, -0.15) is 5.10 Å². The lowest BCUT2D eigenvalue weighted by atomic mass is 10.3. The third-order valence-electron chi connectivity index (χ3n) is 2.38. The smallest absolute Gasteiger partial charge is 0.356 e. The van der Waals surface area contributed by atoms with Gasteiger partial charge in [-0.15, -0.1) is 0 Å². The molecule has 0 aromatic carbocycles. The third-order valence-corrected chi connectivity index (χ3v) is 4.17. The summed E-state index contributed by atoms with van der Waals surface area (Å²) >= 11 is 0. The SMILES string of the molecule is Cc1cc(C(=O)O)nn1C1CS(=O)(=O)C1. The molecule has 15 heavy (non-hydrogen) atoms. The Labute approximate surface area is 86.4 Å². The summed E-state index contributed by atoms with van der Waals surface area (Å²) in [6.45, 7) is 1.71. The molecule has 6 nitrogen and oxygen atoms in total. The highest BCUT2D eigenvalue weighted by Crippen LogP contribution is 2.24. The molecule has 0 bridgehead atoms. The van der Waals surface area contributed by atoms with Gasteiger partial charge in [-0.05, 0) is 13.0 Å². The summed E-state index contributed by atoms with van der Waals surface area (Å²) in [6, 6.07) is 1.23. The van der Waals surface area contributed by atoms with Crippen LogP contribution in [0.25, 0.3) is 0 Å². The first-order valence-electron chi connectivity index (χ1n) is 4.39. The van der Waals surface area contributed by atoms with E-state index >= 15 is 0 Å². The highest BCUT2D eigenvalue weighted by atomic mass is 32.2. The molecule has 1 fully saturated rings. The molecule has 2 rings (SSSR count). The fourth-order valence-corrected chi connectivity index (χ4v) is 3.00. The number of hydrogen-bond acceptors (Lipinski definition) is 4. The molecule has 0 atom stereocenters. The van der Waals surface area contributed by atoms with Crippen molar-refractivity contribution in [3.05, 3.63) is 17.5 Å². The first-order chi connectivity index (χ1) is 6.89. The van der Waals surface area contributed by atoms with Crippen LogP contribution in [0.5, 0.6) is 0 Å². The molecule has 1 aliphatic heterocycles. The summed E-state index contributed by atoms with van der Waals surface area (Å²) in [6.07, 6.45) is 0. The van der Waals surface area contributed by atoms with E-state index < -0.39 is 15.8 Å². The van der Waals surface area contributed by atoms with Gasteiger partial charge in [0.2, 0.25) is 0 Å². The molecule has 82 valence electrons. The molecule has 7 heteroatoms. The molecule has 0 radical (unpaired) electrons. The second kappa shape index (κ2) is 3.06. The number of aryl methyl sites for hydroxylation is 1. The molecular formula is C8H10N2O4S. The minimum Gasteiger partial charge on any atom is -0.476 e. The number of rotatable bonds is 2. The van der Waals surface area contributed by atoms with Gasteiger partial charge in [0.05, 0.1) is 17.5 Å². The van der Waals surface area contributed by atoms with Gasteiger partial charge in [0.15, 0.2) is 15.5 Å². The van der Waals surface area contributed by atoms with E-state index in [0.29, 0.717) is 5.69 Å². The summed E-state index contributed by atoms with van der Waals surface area (Å²) in [5, 5.41) is 12.6. The van der Waals surface area contributed by atoms with Gasteiger partial charge in [0, 0.05) is 5.69 Å². The van der Waals surface area contributed by atoms with E-state index in [1.165, 1.54) is 10.7 Å². The van der Waals surface area contributed by atoms with Crippen LogP contribution in [0.4, 0.5) is 0 Å². The number of nitrogens with zero attached hydrogens (tertiary/aromatic N) is 2. The summed E-state index contributed by atoms with van der Waals surface area (Å²) in [4.78, 5) is 10.6. The van der Waals surface area contributed by atoms with Gasteiger partial charge in [0.25, 0.3) is 0 Å². The van der Waals surface area contributed by atoms with E-state index in [-0.39, 0.29) is 23.2 Å². The number of carboxylic acid groups (broad SMARTS) is 1. The minimum absolute atomic E-state index is 0.0446. The van der Waals surface area contributed by atoms with Gasteiger partial charge in [-0.1, -0.05) is 0 Å². The maximum absolute atomic E-state index is 11.0. The Morgan fingerprint density at radius 3 is 2.60 bits per heavy atom.